The van der Waals surface area contributed by atoms with Gasteiger partial charge in [-0.3, -0.25) is 4.79 Å². The van der Waals surface area contributed by atoms with Gasteiger partial charge in [-0.25, -0.2) is 0 Å². The monoisotopic (exact) mass is 258 g/mol. The van der Waals surface area contributed by atoms with Gasteiger partial charge in [-0.2, -0.15) is 0 Å². The van der Waals surface area contributed by atoms with Crippen molar-refractivity contribution in [2.75, 3.05) is 0 Å². The van der Waals surface area contributed by atoms with Crippen LogP contribution in [0, 0.1) is 10.8 Å². The van der Waals surface area contributed by atoms with Gasteiger partial charge in [0.1, 0.15) is 0 Å². The van der Waals surface area contributed by atoms with Gasteiger partial charge >= 0.3 is 5.97 Å². The molecule has 0 aliphatic heterocycles. The molecule has 0 rings (SSSR count). The van der Waals surface area contributed by atoms with Crippen LogP contribution in [0.1, 0.15) is 73.6 Å². The van der Waals surface area contributed by atoms with Crippen LogP contribution in [-0.2, 0) is 9.53 Å². The van der Waals surface area contributed by atoms with E-state index >= 15 is 0 Å². The zero-order chi connectivity index (χ0) is 14.4. The van der Waals surface area contributed by atoms with Crippen LogP contribution in [-0.4, -0.2) is 17.4 Å². The summed E-state index contributed by atoms with van der Waals surface area (Å²) in [5.74, 6) is -0.247. The summed E-state index contributed by atoms with van der Waals surface area (Å²) in [6.07, 6.45) is 3.41. The molecule has 1 unspecified atom stereocenters. The maximum absolute atomic E-state index is 12.3. The zero-order valence-corrected chi connectivity index (χ0v) is 12.9. The molecule has 0 spiro atoms. The topological polar surface area (TPSA) is 46.5 Å². The van der Waals surface area contributed by atoms with Crippen molar-refractivity contribution in [3.05, 3.63) is 0 Å². The summed E-state index contributed by atoms with van der Waals surface area (Å²) in [5.41, 5.74) is -0.865. The summed E-state index contributed by atoms with van der Waals surface area (Å²) in [5, 5.41) is 9.89. The van der Waals surface area contributed by atoms with Crippen LogP contribution in [0.3, 0.4) is 0 Å². The van der Waals surface area contributed by atoms with Crippen LogP contribution >= 0.6 is 0 Å². The van der Waals surface area contributed by atoms with Crippen molar-refractivity contribution in [2.45, 2.75) is 79.9 Å². The third-order valence-electron chi connectivity index (χ3n) is 3.75. The Morgan fingerprint density at radius 1 is 1.17 bits per heavy atom. The van der Waals surface area contributed by atoms with Crippen molar-refractivity contribution in [1.82, 2.24) is 0 Å². The maximum atomic E-state index is 12.3. The van der Waals surface area contributed by atoms with E-state index in [2.05, 4.69) is 6.92 Å². The van der Waals surface area contributed by atoms with Gasteiger partial charge in [0.25, 0.3) is 0 Å². The quantitative estimate of drug-likeness (QED) is 0.556. The first-order valence-corrected chi connectivity index (χ1v) is 7.12. The van der Waals surface area contributed by atoms with Crippen molar-refractivity contribution >= 4 is 5.97 Å². The normalized spacial score (nSPS) is 14.4. The van der Waals surface area contributed by atoms with Crippen molar-refractivity contribution < 1.29 is 14.6 Å². The second-order valence-corrected chi connectivity index (χ2v) is 6.21. The van der Waals surface area contributed by atoms with Gasteiger partial charge in [0.05, 0.1) is 5.41 Å². The summed E-state index contributed by atoms with van der Waals surface area (Å²) in [6.45, 7) is 11.7. The van der Waals surface area contributed by atoms with Crippen LogP contribution in [0.5, 0.6) is 0 Å². The van der Waals surface area contributed by atoms with Crippen molar-refractivity contribution in [2.24, 2.45) is 10.8 Å². The fourth-order valence-corrected chi connectivity index (χ4v) is 1.91. The van der Waals surface area contributed by atoms with E-state index in [0.29, 0.717) is 0 Å². The van der Waals surface area contributed by atoms with E-state index < -0.39 is 17.1 Å². The van der Waals surface area contributed by atoms with E-state index in [-0.39, 0.29) is 5.97 Å². The minimum atomic E-state index is -1.04. The minimum Gasteiger partial charge on any atom is -0.435 e. The molecule has 0 aliphatic rings. The molecule has 0 aromatic rings. The fraction of sp³-hybridized carbons (Fsp3) is 0.933. The van der Waals surface area contributed by atoms with E-state index in [1.54, 1.807) is 0 Å². The number of hydrogen-bond donors (Lipinski definition) is 1. The Morgan fingerprint density at radius 3 is 2.00 bits per heavy atom. The molecule has 0 heterocycles. The Labute approximate surface area is 112 Å². The number of aliphatic hydroxyl groups is 1. The molecule has 3 nitrogen and oxygen atoms in total. The lowest BCUT2D eigenvalue weighted by Crippen LogP contribution is -2.39. The molecule has 1 N–H and O–H groups in total. The van der Waals surface area contributed by atoms with Gasteiger partial charge in [-0.05, 0) is 19.3 Å². The average molecular weight is 258 g/mol. The molecule has 108 valence electrons. The lowest BCUT2D eigenvalue weighted by molar-refractivity contribution is -0.198. The van der Waals surface area contributed by atoms with E-state index in [1.165, 1.54) is 0 Å². The largest absolute Gasteiger partial charge is 0.435 e. The Morgan fingerprint density at radius 2 is 1.67 bits per heavy atom. The highest BCUT2D eigenvalue weighted by molar-refractivity contribution is 5.76. The van der Waals surface area contributed by atoms with Crippen LogP contribution in [0.15, 0.2) is 0 Å². The predicted octanol–water partition coefficient (Wildman–Crippen LogP) is 3.89. The molecular formula is C15H30O3. The molecule has 0 bridgehead atoms. The third kappa shape index (κ3) is 4.60. The van der Waals surface area contributed by atoms with E-state index in [0.717, 1.165) is 32.1 Å². The molecule has 1 atom stereocenters. The molecule has 18 heavy (non-hydrogen) atoms. The summed E-state index contributed by atoms with van der Waals surface area (Å²) in [7, 11) is 0. The number of carbonyl (C=O) groups excluding carboxylic acids is 1. The van der Waals surface area contributed by atoms with Gasteiger partial charge in [-0.15, -0.1) is 0 Å². The molecule has 0 saturated carbocycles. The first-order chi connectivity index (χ1) is 8.23. The van der Waals surface area contributed by atoms with Gasteiger partial charge in [-0.1, -0.05) is 54.4 Å². The first kappa shape index (κ1) is 17.4. The number of esters is 1. The number of aliphatic hydroxyl groups excluding tert-OH is 1. The highest BCUT2D eigenvalue weighted by Gasteiger charge is 2.38. The van der Waals surface area contributed by atoms with Crippen LogP contribution < -0.4 is 0 Å². The Kier molecular flexibility index (Phi) is 6.90. The lowest BCUT2D eigenvalue weighted by atomic mass is 9.78. The first-order valence-electron chi connectivity index (χ1n) is 7.12. The predicted molar refractivity (Wildman–Crippen MR) is 74.1 cm³/mol. The van der Waals surface area contributed by atoms with Crippen LogP contribution in [0.25, 0.3) is 0 Å². The molecule has 0 aromatic carbocycles. The number of carbonyl (C=O) groups is 1. The highest BCUT2D eigenvalue weighted by Crippen LogP contribution is 2.35. The molecule has 0 aromatic heterocycles. The average Bonchev–Trinajstić information content (AvgIpc) is 2.30. The Bertz CT molecular complexity index is 249. The van der Waals surface area contributed by atoms with Gasteiger partial charge in [0, 0.05) is 5.41 Å². The van der Waals surface area contributed by atoms with E-state index in [1.807, 2.05) is 34.6 Å². The second kappa shape index (κ2) is 7.13. The number of hydrogen-bond acceptors (Lipinski definition) is 3. The number of rotatable bonds is 7. The van der Waals surface area contributed by atoms with E-state index in [9.17, 15) is 9.90 Å². The highest BCUT2D eigenvalue weighted by atomic mass is 16.6. The molecule has 0 radical (unpaired) electrons. The number of ether oxygens (including phenoxy) is 1. The van der Waals surface area contributed by atoms with Crippen molar-refractivity contribution in [3.8, 4) is 0 Å². The molecular weight excluding hydrogens is 228 g/mol. The fourth-order valence-electron chi connectivity index (χ4n) is 1.91. The van der Waals surface area contributed by atoms with Gasteiger partial charge in [0.15, 0.2) is 0 Å². The third-order valence-corrected chi connectivity index (χ3v) is 3.75. The Balaban J connectivity index is 4.76. The molecule has 0 fully saturated rings. The lowest BCUT2D eigenvalue weighted by Gasteiger charge is -2.33. The maximum Gasteiger partial charge on any atom is 0.314 e. The number of unbranched alkanes of at least 4 members (excludes halogenated alkanes) is 1. The van der Waals surface area contributed by atoms with E-state index in [4.69, 9.17) is 4.74 Å². The summed E-state index contributed by atoms with van der Waals surface area (Å²) in [6, 6.07) is 0. The zero-order valence-electron chi connectivity index (χ0n) is 12.9. The Hall–Kier alpha value is -0.570. The smallest absolute Gasteiger partial charge is 0.314 e. The molecule has 0 saturated heterocycles. The molecule has 3 heteroatoms. The van der Waals surface area contributed by atoms with Crippen molar-refractivity contribution in [1.29, 1.82) is 0 Å². The second-order valence-electron chi connectivity index (χ2n) is 6.21. The molecule has 0 aliphatic carbocycles. The van der Waals surface area contributed by atoms with Crippen LogP contribution in [0.2, 0.25) is 0 Å². The summed E-state index contributed by atoms with van der Waals surface area (Å²) >= 11 is 0. The molecule has 0 amide bonds. The van der Waals surface area contributed by atoms with Gasteiger partial charge < -0.3 is 9.84 Å². The SMILES string of the molecule is CCCCC(CC)(CC)C(=O)OC(O)C(C)(C)C. The van der Waals surface area contributed by atoms with Gasteiger partial charge in [0.2, 0.25) is 6.29 Å². The minimum absolute atomic E-state index is 0.247. The van der Waals surface area contributed by atoms with Crippen molar-refractivity contribution in [3.63, 3.8) is 0 Å². The summed E-state index contributed by atoms with van der Waals surface area (Å²) < 4.78 is 5.28. The summed E-state index contributed by atoms with van der Waals surface area (Å²) in [4.78, 5) is 12.3. The standard InChI is InChI=1S/C15H30O3/c1-7-10-11-15(8-2,9-3)13(17)18-12(16)14(4,5)6/h12,16H,7-11H2,1-6H3. The van der Waals surface area contributed by atoms with Crippen LogP contribution in [0.4, 0.5) is 0 Å².